The van der Waals surface area contributed by atoms with Crippen molar-refractivity contribution in [2.75, 3.05) is 37.9 Å². The second kappa shape index (κ2) is 9.86. The average Bonchev–Trinajstić information content (AvgIpc) is 3.21. The molecule has 1 N–H and O–H groups in total. The van der Waals surface area contributed by atoms with E-state index in [1.165, 1.54) is 28.0 Å². The summed E-state index contributed by atoms with van der Waals surface area (Å²) in [6.07, 6.45) is 0. The van der Waals surface area contributed by atoms with E-state index >= 15 is 0 Å². The van der Waals surface area contributed by atoms with E-state index in [0.29, 0.717) is 25.4 Å². The zero-order valence-corrected chi connectivity index (χ0v) is 15.6. The maximum Gasteiger partial charge on any atom is 0.233 e. The largest absolute Gasteiger partial charge is 0.383 e. The van der Waals surface area contributed by atoms with Crippen molar-refractivity contribution in [1.82, 2.24) is 15.1 Å². The molecule has 23 heavy (non-hydrogen) atoms. The number of nitrogens with one attached hydrogen (secondary N) is 1. The Morgan fingerprint density at radius 3 is 3.04 bits per heavy atom. The van der Waals surface area contributed by atoms with Crippen molar-refractivity contribution < 1.29 is 9.53 Å². The summed E-state index contributed by atoms with van der Waals surface area (Å²) in [4.78, 5) is 15.5. The van der Waals surface area contributed by atoms with Crippen LogP contribution in [0, 0.1) is 0 Å². The van der Waals surface area contributed by atoms with Crippen LogP contribution in [0.4, 0.5) is 5.13 Å². The van der Waals surface area contributed by atoms with Crippen molar-refractivity contribution in [3.8, 4) is 0 Å². The third-order valence-electron chi connectivity index (χ3n) is 2.90. The Hall–Kier alpha value is -1.16. The van der Waals surface area contributed by atoms with E-state index in [4.69, 9.17) is 4.74 Å². The van der Waals surface area contributed by atoms with E-state index in [1.54, 1.807) is 18.4 Å². The van der Waals surface area contributed by atoms with Gasteiger partial charge in [-0.05, 0) is 18.4 Å². The first-order valence-electron chi connectivity index (χ1n) is 7.22. The molecule has 1 amide bonds. The fourth-order valence-corrected chi connectivity index (χ4v) is 4.23. The summed E-state index contributed by atoms with van der Waals surface area (Å²) in [5, 5.41) is 14.0. The van der Waals surface area contributed by atoms with E-state index in [-0.39, 0.29) is 5.91 Å². The highest BCUT2D eigenvalue weighted by atomic mass is 32.2. The van der Waals surface area contributed by atoms with Gasteiger partial charge in [-0.15, -0.1) is 21.5 Å². The molecule has 0 spiro atoms. The molecule has 0 saturated carbocycles. The minimum atomic E-state index is 0.0839. The Morgan fingerprint density at radius 1 is 1.48 bits per heavy atom. The van der Waals surface area contributed by atoms with Crippen molar-refractivity contribution in [2.24, 2.45) is 0 Å². The number of thiophene rings is 1. The SMILES string of the molecule is CCNc1nnc(SCC(=O)N(CCOC)Cc2cccs2)s1. The number of methoxy groups -OCH3 is 1. The van der Waals surface area contributed by atoms with Crippen molar-refractivity contribution >= 4 is 45.5 Å². The molecule has 2 rings (SSSR count). The van der Waals surface area contributed by atoms with Gasteiger partial charge in [0.2, 0.25) is 11.0 Å². The van der Waals surface area contributed by atoms with Crippen LogP contribution in [0.2, 0.25) is 0 Å². The molecule has 6 nitrogen and oxygen atoms in total. The van der Waals surface area contributed by atoms with E-state index in [1.807, 2.05) is 29.3 Å². The maximum atomic E-state index is 12.5. The van der Waals surface area contributed by atoms with Gasteiger partial charge in [0.15, 0.2) is 4.34 Å². The Bertz CT molecular complexity index is 589. The van der Waals surface area contributed by atoms with Gasteiger partial charge < -0.3 is 15.0 Å². The topological polar surface area (TPSA) is 67.4 Å². The smallest absolute Gasteiger partial charge is 0.233 e. The number of ether oxygens (including phenoxy) is 1. The molecule has 126 valence electrons. The first-order chi connectivity index (χ1) is 11.2. The van der Waals surface area contributed by atoms with Crippen LogP contribution < -0.4 is 5.32 Å². The van der Waals surface area contributed by atoms with Gasteiger partial charge in [-0.3, -0.25) is 4.79 Å². The van der Waals surface area contributed by atoms with Gasteiger partial charge in [0, 0.05) is 25.1 Å². The molecule has 0 fully saturated rings. The van der Waals surface area contributed by atoms with Gasteiger partial charge in [-0.2, -0.15) is 0 Å². The number of nitrogens with zero attached hydrogens (tertiary/aromatic N) is 3. The number of carbonyl (C=O) groups is 1. The highest BCUT2D eigenvalue weighted by molar-refractivity contribution is 8.01. The molecular weight excluding hydrogens is 352 g/mol. The van der Waals surface area contributed by atoms with Crippen LogP contribution in [0.25, 0.3) is 0 Å². The van der Waals surface area contributed by atoms with Gasteiger partial charge in [0.25, 0.3) is 0 Å². The molecule has 0 saturated heterocycles. The van der Waals surface area contributed by atoms with Gasteiger partial charge in [0.1, 0.15) is 0 Å². The van der Waals surface area contributed by atoms with Crippen molar-refractivity contribution in [1.29, 1.82) is 0 Å². The van der Waals surface area contributed by atoms with Crippen LogP contribution in [0.1, 0.15) is 11.8 Å². The third kappa shape index (κ3) is 6.09. The maximum absolute atomic E-state index is 12.5. The number of hydrogen-bond acceptors (Lipinski definition) is 8. The lowest BCUT2D eigenvalue weighted by Gasteiger charge is -2.21. The fraction of sp³-hybridized carbons (Fsp3) is 0.500. The Morgan fingerprint density at radius 2 is 2.35 bits per heavy atom. The normalized spacial score (nSPS) is 10.7. The summed E-state index contributed by atoms with van der Waals surface area (Å²) in [5.41, 5.74) is 0. The molecule has 2 heterocycles. The third-order valence-corrected chi connectivity index (χ3v) is 5.76. The summed E-state index contributed by atoms with van der Waals surface area (Å²) in [5.74, 6) is 0.441. The van der Waals surface area contributed by atoms with Gasteiger partial charge in [0.05, 0.1) is 18.9 Å². The monoisotopic (exact) mass is 372 g/mol. The van der Waals surface area contributed by atoms with E-state index in [0.717, 1.165) is 16.0 Å². The fourth-order valence-electron chi connectivity index (χ4n) is 1.79. The molecule has 0 unspecified atom stereocenters. The van der Waals surface area contributed by atoms with E-state index in [9.17, 15) is 4.79 Å². The van der Waals surface area contributed by atoms with Crippen LogP contribution in [0.5, 0.6) is 0 Å². The first-order valence-corrected chi connectivity index (χ1v) is 9.90. The Balaban J connectivity index is 1.88. The molecule has 0 bridgehead atoms. The Labute approximate surface area is 148 Å². The molecule has 0 aliphatic heterocycles. The van der Waals surface area contributed by atoms with E-state index in [2.05, 4.69) is 15.5 Å². The van der Waals surface area contributed by atoms with Crippen molar-refractivity contribution in [3.63, 3.8) is 0 Å². The molecular formula is C14H20N4O2S3. The van der Waals surface area contributed by atoms with Gasteiger partial charge in [-0.25, -0.2) is 0 Å². The van der Waals surface area contributed by atoms with Crippen LogP contribution in [-0.4, -0.2) is 53.6 Å². The summed E-state index contributed by atoms with van der Waals surface area (Å²) in [6, 6.07) is 4.04. The molecule has 0 aliphatic rings. The molecule has 2 aromatic heterocycles. The lowest BCUT2D eigenvalue weighted by Crippen LogP contribution is -2.34. The lowest BCUT2D eigenvalue weighted by molar-refractivity contribution is -0.129. The number of thioether (sulfide) groups is 1. The summed E-state index contributed by atoms with van der Waals surface area (Å²) in [6.45, 7) is 4.57. The minimum Gasteiger partial charge on any atom is -0.383 e. The molecule has 9 heteroatoms. The number of rotatable bonds is 10. The highest BCUT2D eigenvalue weighted by Crippen LogP contribution is 2.25. The van der Waals surface area contributed by atoms with Crippen LogP contribution in [0.3, 0.4) is 0 Å². The Kier molecular flexibility index (Phi) is 7.80. The van der Waals surface area contributed by atoms with Crippen LogP contribution >= 0.6 is 34.4 Å². The molecule has 0 aromatic carbocycles. The average molecular weight is 373 g/mol. The predicted molar refractivity (Wildman–Crippen MR) is 96.4 cm³/mol. The number of carbonyl (C=O) groups excluding carboxylic acids is 1. The summed E-state index contributed by atoms with van der Waals surface area (Å²) >= 11 is 4.55. The molecule has 0 radical (unpaired) electrons. The standard InChI is InChI=1S/C14H20N4O2S3/c1-3-15-13-16-17-14(23-13)22-10-12(19)18(6-7-20-2)9-11-5-4-8-21-11/h4-5,8H,3,6-7,9-10H2,1-2H3,(H,15,16). The summed E-state index contributed by atoms with van der Waals surface area (Å²) < 4.78 is 5.91. The number of amides is 1. The quantitative estimate of drug-likeness (QED) is 0.647. The number of anilines is 1. The van der Waals surface area contributed by atoms with Crippen LogP contribution in [-0.2, 0) is 16.1 Å². The molecule has 2 aromatic rings. The lowest BCUT2D eigenvalue weighted by atomic mass is 10.4. The predicted octanol–water partition coefficient (Wildman–Crippen LogP) is 2.80. The zero-order valence-electron chi connectivity index (χ0n) is 13.2. The molecule has 0 atom stereocenters. The molecule has 0 aliphatic carbocycles. The number of aromatic nitrogens is 2. The zero-order chi connectivity index (χ0) is 16.5. The first kappa shape index (κ1) is 18.2. The summed E-state index contributed by atoms with van der Waals surface area (Å²) in [7, 11) is 1.64. The van der Waals surface area contributed by atoms with Gasteiger partial charge >= 0.3 is 0 Å². The van der Waals surface area contributed by atoms with E-state index < -0.39 is 0 Å². The van der Waals surface area contributed by atoms with Crippen molar-refractivity contribution in [2.45, 2.75) is 17.8 Å². The van der Waals surface area contributed by atoms with Crippen molar-refractivity contribution in [3.05, 3.63) is 22.4 Å². The van der Waals surface area contributed by atoms with Crippen LogP contribution in [0.15, 0.2) is 21.9 Å². The number of hydrogen-bond donors (Lipinski definition) is 1. The second-order valence-electron chi connectivity index (χ2n) is 4.58. The highest BCUT2D eigenvalue weighted by Gasteiger charge is 2.16. The minimum absolute atomic E-state index is 0.0839. The second-order valence-corrected chi connectivity index (χ2v) is 7.81. The van der Waals surface area contributed by atoms with Gasteiger partial charge in [-0.1, -0.05) is 29.2 Å².